The van der Waals surface area contributed by atoms with Gasteiger partial charge in [0.2, 0.25) is 5.88 Å². The summed E-state index contributed by atoms with van der Waals surface area (Å²) in [6.45, 7) is 10.3. The van der Waals surface area contributed by atoms with Crippen molar-refractivity contribution in [3.05, 3.63) is 23.9 Å². The molecule has 0 radical (unpaired) electrons. The van der Waals surface area contributed by atoms with E-state index in [1.165, 1.54) is 12.3 Å². The lowest BCUT2D eigenvalue weighted by molar-refractivity contribution is -0.154. The summed E-state index contributed by atoms with van der Waals surface area (Å²) < 4.78 is 41.6. The molecule has 2 N–H and O–H groups in total. The quantitative estimate of drug-likeness (QED) is 0.544. The second kappa shape index (κ2) is 9.95. The molecule has 0 aromatic carbocycles. The van der Waals surface area contributed by atoms with Gasteiger partial charge in [-0.15, -0.1) is 0 Å². The Kier molecular flexibility index (Phi) is 7.91. The zero-order valence-electron chi connectivity index (χ0n) is 16.9. The van der Waals surface area contributed by atoms with E-state index in [-0.39, 0.29) is 5.88 Å². The van der Waals surface area contributed by atoms with Gasteiger partial charge in [0, 0.05) is 44.0 Å². The SMILES string of the molecule is CCNC(=NCc1ccnc(OCC(F)(F)F)c1)NC1CN(C(C)C)CC1C. The lowest BCUT2D eigenvalue weighted by atomic mass is 10.1. The summed E-state index contributed by atoms with van der Waals surface area (Å²) >= 11 is 0. The number of halogens is 3. The summed E-state index contributed by atoms with van der Waals surface area (Å²) in [4.78, 5) is 10.8. The highest BCUT2D eigenvalue weighted by molar-refractivity contribution is 5.80. The van der Waals surface area contributed by atoms with Gasteiger partial charge < -0.3 is 15.4 Å². The molecule has 0 bridgehead atoms. The highest BCUT2D eigenvalue weighted by atomic mass is 19.4. The third-order valence-corrected chi connectivity index (χ3v) is 4.64. The molecule has 0 saturated carbocycles. The Morgan fingerprint density at radius 1 is 1.39 bits per heavy atom. The number of hydrogen-bond donors (Lipinski definition) is 2. The average molecular weight is 401 g/mol. The summed E-state index contributed by atoms with van der Waals surface area (Å²) in [6.07, 6.45) is -2.96. The van der Waals surface area contributed by atoms with Gasteiger partial charge in [-0.2, -0.15) is 13.2 Å². The molecular weight excluding hydrogens is 371 g/mol. The van der Waals surface area contributed by atoms with Gasteiger partial charge in [0.1, 0.15) is 0 Å². The van der Waals surface area contributed by atoms with Gasteiger partial charge in [-0.25, -0.2) is 9.98 Å². The first-order chi connectivity index (χ1) is 13.2. The first-order valence-electron chi connectivity index (χ1n) is 9.61. The number of alkyl halides is 3. The molecule has 0 aliphatic carbocycles. The Balaban J connectivity index is 1.99. The van der Waals surface area contributed by atoms with Gasteiger partial charge in [0.05, 0.1) is 6.54 Å². The first-order valence-corrected chi connectivity index (χ1v) is 9.61. The predicted molar refractivity (Wildman–Crippen MR) is 103 cm³/mol. The Hall–Kier alpha value is -2.03. The number of nitrogens with zero attached hydrogens (tertiary/aromatic N) is 3. The second-order valence-electron chi connectivity index (χ2n) is 7.38. The third kappa shape index (κ3) is 7.18. The second-order valence-corrected chi connectivity index (χ2v) is 7.38. The largest absolute Gasteiger partial charge is 0.468 e. The number of aromatic nitrogens is 1. The third-order valence-electron chi connectivity index (χ3n) is 4.64. The van der Waals surface area contributed by atoms with Crippen molar-refractivity contribution in [3.8, 4) is 5.88 Å². The molecule has 1 aromatic rings. The van der Waals surface area contributed by atoms with Gasteiger partial charge in [0.15, 0.2) is 12.6 Å². The fourth-order valence-corrected chi connectivity index (χ4v) is 3.06. The molecule has 1 aliphatic rings. The molecule has 0 spiro atoms. The number of ether oxygens (including phenoxy) is 1. The smallest absolute Gasteiger partial charge is 0.422 e. The van der Waals surface area contributed by atoms with Crippen molar-refractivity contribution in [2.24, 2.45) is 10.9 Å². The van der Waals surface area contributed by atoms with Crippen LogP contribution in [0.1, 0.15) is 33.3 Å². The number of hydrogen-bond acceptors (Lipinski definition) is 4. The monoisotopic (exact) mass is 401 g/mol. The Morgan fingerprint density at radius 3 is 2.75 bits per heavy atom. The lowest BCUT2D eigenvalue weighted by Crippen LogP contribution is -2.46. The predicted octanol–water partition coefficient (Wildman–Crippen LogP) is 2.81. The normalized spacial score (nSPS) is 21.2. The minimum Gasteiger partial charge on any atom is -0.468 e. The van der Waals surface area contributed by atoms with Crippen molar-refractivity contribution in [1.82, 2.24) is 20.5 Å². The number of aliphatic imine (C=N–C) groups is 1. The van der Waals surface area contributed by atoms with Crippen LogP contribution in [0.3, 0.4) is 0 Å². The number of likely N-dealkylation sites (tertiary alicyclic amines) is 1. The maximum absolute atomic E-state index is 12.3. The molecule has 1 saturated heterocycles. The van der Waals surface area contributed by atoms with E-state index in [1.807, 2.05) is 6.92 Å². The lowest BCUT2D eigenvalue weighted by Gasteiger charge is -2.22. The van der Waals surface area contributed by atoms with Gasteiger partial charge in [-0.1, -0.05) is 6.92 Å². The van der Waals surface area contributed by atoms with Crippen molar-refractivity contribution in [2.45, 2.75) is 52.5 Å². The molecule has 158 valence electrons. The maximum Gasteiger partial charge on any atom is 0.422 e. The standard InChI is InChI=1S/C19H30F3N5O/c1-5-23-18(26-16-11-27(13(2)3)10-14(16)4)25-9-15-6-7-24-17(8-15)28-12-19(20,21)22/h6-8,13-14,16H,5,9-12H2,1-4H3,(H2,23,25,26). The summed E-state index contributed by atoms with van der Waals surface area (Å²) in [5, 5.41) is 6.71. The molecule has 2 atom stereocenters. The summed E-state index contributed by atoms with van der Waals surface area (Å²) in [6, 6.07) is 3.99. The van der Waals surface area contributed by atoms with Crippen LogP contribution in [0.4, 0.5) is 13.2 Å². The van der Waals surface area contributed by atoms with Crippen molar-refractivity contribution in [3.63, 3.8) is 0 Å². The highest BCUT2D eigenvalue weighted by Gasteiger charge is 2.31. The summed E-state index contributed by atoms with van der Waals surface area (Å²) in [5.41, 5.74) is 0.729. The van der Waals surface area contributed by atoms with Crippen LogP contribution in [-0.4, -0.2) is 60.3 Å². The van der Waals surface area contributed by atoms with Crippen molar-refractivity contribution >= 4 is 5.96 Å². The molecule has 2 rings (SSSR count). The minimum absolute atomic E-state index is 0.0556. The topological polar surface area (TPSA) is 61.8 Å². The molecule has 9 heteroatoms. The number of pyridine rings is 1. The average Bonchev–Trinajstić information content (AvgIpc) is 2.99. The molecule has 1 aliphatic heterocycles. The maximum atomic E-state index is 12.3. The van der Waals surface area contributed by atoms with Crippen LogP contribution >= 0.6 is 0 Å². The Labute approximate surface area is 164 Å². The van der Waals surface area contributed by atoms with Crippen LogP contribution in [-0.2, 0) is 6.54 Å². The van der Waals surface area contributed by atoms with Crippen molar-refractivity contribution in [1.29, 1.82) is 0 Å². The van der Waals surface area contributed by atoms with Gasteiger partial charge in [0.25, 0.3) is 0 Å². The van der Waals surface area contributed by atoms with Crippen LogP contribution < -0.4 is 15.4 Å². The van der Waals surface area contributed by atoms with Crippen molar-refractivity contribution < 1.29 is 17.9 Å². The van der Waals surface area contributed by atoms with Crippen LogP contribution in [0.15, 0.2) is 23.3 Å². The Bertz CT molecular complexity index is 651. The molecule has 0 amide bonds. The van der Waals surface area contributed by atoms with E-state index in [0.717, 1.165) is 25.2 Å². The zero-order valence-corrected chi connectivity index (χ0v) is 16.9. The van der Waals surface area contributed by atoms with Crippen LogP contribution in [0.5, 0.6) is 5.88 Å². The summed E-state index contributed by atoms with van der Waals surface area (Å²) in [7, 11) is 0. The van der Waals surface area contributed by atoms with Crippen LogP contribution in [0.2, 0.25) is 0 Å². The number of guanidine groups is 1. The fourth-order valence-electron chi connectivity index (χ4n) is 3.06. The molecule has 6 nitrogen and oxygen atoms in total. The molecular formula is C19H30F3N5O. The fraction of sp³-hybridized carbons (Fsp3) is 0.684. The Morgan fingerprint density at radius 2 is 2.14 bits per heavy atom. The van der Waals surface area contributed by atoms with Gasteiger partial charge in [-0.05, 0) is 38.3 Å². The zero-order chi connectivity index (χ0) is 20.7. The van der Waals surface area contributed by atoms with E-state index in [0.29, 0.717) is 30.5 Å². The molecule has 28 heavy (non-hydrogen) atoms. The number of nitrogens with one attached hydrogen (secondary N) is 2. The molecule has 1 fully saturated rings. The number of rotatable bonds is 7. The van der Waals surface area contributed by atoms with Crippen LogP contribution in [0, 0.1) is 5.92 Å². The van der Waals surface area contributed by atoms with Crippen LogP contribution in [0.25, 0.3) is 0 Å². The molecule has 2 heterocycles. The van der Waals surface area contributed by atoms with E-state index in [9.17, 15) is 13.2 Å². The van der Waals surface area contributed by atoms with Crippen molar-refractivity contribution in [2.75, 3.05) is 26.2 Å². The van der Waals surface area contributed by atoms with E-state index >= 15 is 0 Å². The summed E-state index contributed by atoms with van der Waals surface area (Å²) in [5.74, 6) is 1.13. The van der Waals surface area contributed by atoms with E-state index in [2.05, 4.69) is 46.3 Å². The first kappa shape index (κ1) is 22.3. The highest BCUT2D eigenvalue weighted by Crippen LogP contribution is 2.19. The van der Waals surface area contributed by atoms with E-state index in [1.54, 1.807) is 6.07 Å². The molecule has 1 aromatic heterocycles. The van der Waals surface area contributed by atoms with E-state index < -0.39 is 12.8 Å². The van der Waals surface area contributed by atoms with Gasteiger partial charge >= 0.3 is 6.18 Å². The van der Waals surface area contributed by atoms with E-state index in [4.69, 9.17) is 4.74 Å². The van der Waals surface area contributed by atoms with Gasteiger partial charge in [-0.3, -0.25) is 4.90 Å². The molecule has 2 unspecified atom stereocenters. The minimum atomic E-state index is -4.39.